The van der Waals surface area contributed by atoms with E-state index in [0.29, 0.717) is 17.2 Å². The molecule has 0 aliphatic heterocycles. The highest BCUT2D eigenvalue weighted by atomic mass is 32.1. The van der Waals surface area contributed by atoms with Gasteiger partial charge in [0.1, 0.15) is 4.88 Å². The smallest absolute Gasteiger partial charge is 0.263 e. The number of carbonyl (C=O) groups is 1. The molecule has 1 atom stereocenters. The predicted octanol–water partition coefficient (Wildman–Crippen LogP) is 3.74. The van der Waals surface area contributed by atoms with Crippen molar-refractivity contribution in [3.05, 3.63) is 39.8 Å². The van der Waals surface area contributed by atoms with E-state index < -0.39 is 0 Å². The van der Waals surface area contributed by atoms with E-state index in [0.717, 1.165) is 23.4 Å². The van der Waals surface area contributed by atoms with Crippen molar-refractivity contribution in [2.24, 2.45) is 0 Å². The summed E-state index contributed by atoms with van der Waals surface area (Å²) in [5.74, 6) is 1.28. The van der Waals surface area contributed by atoms with Crippen molar-refractivity contribution in [3.63, 3.8) is 0 Å². The molecule has 0 bridgehead atoms. The molecule has 0 radical (unpaired) electrons. The second-order valence-corrected chi connectivity index (χ2v) is 6.08. The molecule has 0 aliphatic rings. The third kappa shape index (κ3) is 4.22. The molecule has 5 nitrogen and oxygen atoms in total. The van der Waals surface area contributed by atoms with Crippen molar-refractivity contribution in [1.29, 1.82) is 0 Å². The molecule has 1 N–H and O–H groups in total. The molecule has 0 saturated heterocycles. The molecule has 1 heterocycles. The largest absolute Gasteiger partial charge is 0.493 e. The summed E-state index contributed by atoms with van der Waals surface area (Å²) >= 11 is 1.35. The topological polar surface area (TPSA) is 60.5 Å². The summed E-state index contributed by atoms with van der Waals surface area (Å²) in [6, 6.07) is 5.58. The molecule has 23 heavy (non-hydrogen) atoms. The van der Waals surface area contributed by atoms with Gasteiger partial charge in [-0.25, -0.2) is 4.98 Å². The van der Waals surface area contributed by atoms with Gasteiger partial charge in [0.15, 0.2) is 11.5 Å². The number of nitrogens with zero attached hydrogens (tertiary/aromatic N) is 1. The third-order valence-electron chi connectivity index (χ3n) is 3.45. The summed E-state index contributed by atoms with van der Waals surface area (Å²) in [4.78, 5) is 17.0. The van der Waals surface area contributed by atoms with Crippen LogP contribution in [-0.2, 0) is 0 Å². The Hall–Kier alpha value is -2.08. The highest BCUT2D eigenvalue weighted by Crippen LogP contribution is 2.30. The molecular weight excluding hydrogens is 312 g/mol. The van der Waals surface area contributed by atoms with Crippen LogP contribution < -0.4 is 14.8 Å². The first kappa shape index (κ1) is 17.3. The number of methoxy groups -OCH3 is 1. The van der Waals surface area contributed by atoms with Gasteiger partial charge in [-0.1, -0.05) is 13.0 Å². The van der Waals surface area contributed by atoms with Crippen molar-refractivity contribution in [1.82, 2.24) is 10.3 Å². The number of amides is 1. The average molecular weight is 334 g/mol. The lowest BCUT2D eigenvalue weighted by atomic mass is 10.1. The van der Waals surface area contributed by atoms with E-state index in [-0.39, 0.29) is 11.9 Å². The lowest BCUT2D eigenvalue weighted by Crippen LogP contribution is -2.26. The second kappa shape index (κ2) is 7.97. The standard InChI is InChI=1S/C17H22N2O3S/c1-5-8-22-14-7-6-13(9-15(14)21-4)11(2)19-17(20)16-12(3)18-10-23-16/h6-7,9-11H,5,8H2,1-4H3,(H,19,20)/t11-/m0/s1. The van der Waals surface area contributed by atoms with Gasteiger partial charge >= 0.3 is 0 Å². The molecule has 1 amide bonds. The van der Waals surface area contributed by atoms with E-state index in [1.54, 1.807) is 12.6 Å². The molecule has 0 fully saturated rings. The Bertz CT molecular complexity index is 670. The highest BCUT2D eigenvalue weighted by Gasteiger charge is 2.16. The van der Waals surface area contributed by atoms with Crippen LogP contribution in [-0.4, -0.2) is 24.6 Å². The highest BCUT2D eigenvalue weighted by molar-refractivity contribution is 7.11. The van der Waals surface area contributed by atoms with Crippen molar-refractivity contribution < 1.29 is 14.3 Å². The van der Waals surface area contributed by atoms with Crippen LogP contribution in [0.15, 0.2) is 23.7 Å². The van der Waals surface area contributed by atoms with Gasteiger partial charge in [-0.2, -0.15) is 0 Å². The van der Waals surface area contributed by atoms with Crippen LogP contribution in [0.3, 0.4) is 0 Å². The lowest BCUT2D eigenvalue weighted by Gasteiger charge is -2.17. The maximum absolute atomic E-state index is 12.3. The van der Waals surface area contributed by atoms with Crippen LogP contribution in [0, 0.1) is 6.92 Å². The van der Waals surface area contributed by atoms with E-state index in [4.69, 9.17) is 9.47 Å². The van der Waals surface area contributed by atoms with E-state index in [1.165, 1.54) is 11.3 Å². The van der Waals surface area contributed by atoms with Crippen molar-refractivity contribution >= 4 is 17.2 Å². The first-order valence-electron chi connectivity index (χ1n) is 7.58. The zero-order valence-corrected chi connectivity index (χ0v) is 14.7. The number of hydrogen-bond acceptors (Lipinski definition) is 5. The van der Waals surface area contributed by atoms with Gasteiger partial charge < -0.3 is 14.8 Å². The molecule has 1 aromatic carbocycles. The van der Waals surface area contributed by atoms with Crippen LogP contribution in [0.25, 0.3) is 0 Å². The van der Waals surface area contributed by atoms with Crippen molar-refractivity contribution in [3.8, 4) is 11.5 Å². The Morgan fingerprint density at radius 2 is 2.17 bits per heavy atom. The number of aryl methyl sites for hydroxylation is 1. The maximum Gasteiger partial charge on any atom is 0.263 e. The molecule has 2 rings (SSSR count). The number of rotatable bonds is 7. The van der Waals surface area contributed by atoms with Crippen LogP contribution in [0.2, 0.25) is 0 Å². The summed E-state index contributed by atoms with van der Waals surface area (Å²) in [6.07, 6.45) is 0.936. The van der Waals surface area contributed by atoms with Gasteiger partial charge in [-0.3, -0.25) is 4.79 Å². The molecule has 6 heteroatoms. The molecule has 2 aromatic rings. The molecule has 0 aliphatic carbocycles. The van der Waals surface area contributed by atoms with E-state index in [9.17, 15) is 4.79 Å². The lowest BCUT2D eigenvalue weighted by molar-refractivity contribution is 0.0943. The minimum atomic E-state index is -0.141. The van der Waals surface area contributed by atoms with Gasteiger partial charge in [0.05, 0.1) is 31.0 Å². The summed E-state index contributed by atoms with van der Waals surface area (Å²) in [7, 11) is 1.61. The van der Waals surface area contributed by atoms with Gasteiger partial charge in [-0.05, 0) is 38.0 Å². The van der Waals surface area contributed by atoms with E-state index in [2.05, 4.69) is 17.2 Å². The maximum atomic E-state index is 12.3. The first-order chi connectivity index (χ1) is 11.1. The Labute approximate surface area is 140 Å². The Balaban J connectivity index is 2.11. The second-order valence-electron chi connectivity index (χ2n) is 5.22. The fourth-order valence-electron chi connectivity index (χ4n) is 2.15. The Kier molecular flexibility index (Phi) is 5.98. The fourth-order valence-corrected chi connectivity index (χ4v) is 2.86. The minimum absolute atomic E-state index is 0.109. The molecule has 0 saturated carbocycles. The SMILES string of the molecule is CCCOc1ccc([C@H](C)NC(=O)c2scnc2C)cc1OC. The number of carbonyl (C=O) groups excluding carboxylic acids is 1. The summed E-state index contributed by atoms with van der Waals surface area (Å²) in [6.45, 7) is 6.47. The van der Waals surface area contributed by atoms with E-state index in [1.807, 2.05) is 32.0 Å². The van der Waals surface area contributed by atoms with Crippen molar-refractivity contribution in [2.45, 2.75) is 33.2 Å². The number of aromatic nitrogens is 1. The molecule has 1 aromatic heterocycles. The number of benzene rings is 1. The first-order valence-corrected chi connectivity index (χ1v) is 8.46. The molecular formula is C17H22N2O3S. The zero-order valence-electron chi connectivity index (χ0n) is 13.9. The minimum Gasteiger partial charge on any atom is -0.493 e. The zero-order chi connectivity index (χ0) is 16.8. The third-order valence-corrected chi connectivity index (χ3v) is 4.38. The van der Waals surface area contributed by atoms with Crippen LogP contribution in [0.1, 0.15) is 47.2 Å². The summed E-state index contributed by atoms with van der Waals surface area (Å²) in [5.41, 5.74) is 3.39. The van der Waals surface area contributed by atoms with E-state index >= 15 is 0 Å². The average Bonchev–Trinajstić information content (AvgIpc) is 2.98. The van der Waals surface area contributed by atoms with Gasteiger partial charge in [0, 0.05) is 0 Å². The number of nitrogens with one attached hydrogen (secondary N) is 1. The van der Waals surface area contributed by atoms with Gasteiger partial charge in [-0.15, -0.1) is 11.3 Å². The Morgan fingerprint density at radius 1 is 1.39 bits per heavy atom. The molecule has 0 unspecified atom stereocenters. The number of thiazole rings is 1. The fraction of sp³-hybridized carbons (Fsp3) is 0.412. The monoisotopic (exact) mass is 334 g/mol. The normalized spacial score (nSPS) is 11.8. The summed E-state index contributed by atoms with van der Waals surface area (Å²) < 4.78 is 11.0. The Morgan fingerprint density at radius 3 is 2.78 bits per heavy atom. The summed E-state index contributed by atoms with van der Waals surface area (Å²) in [5, 5.41) is 2.99. The van der Waals surface area contributed by atoms with Crippen LogP contribution in [0.4, 0.5) is 0 Å². The predicted molar refractivity (Wildman–Crippen MR) is 91.5 cm³/mol. The molecule has 0 spiro atoms. The molecule has 124 valence electrons. The van der Waals surface area contributed by atoms with Crippen molar-refractivity contribution in [2.75, 3.05) is 13.7 Å². The van der Waals surface area contributed by atoms with Crippen LogP contribution in [0.5, 0.6) is 11.5 Å². The quantitative estimate of drug-likeness (QED) is 0.838. The van der Waals surface area contributed by atoms with Crippen LogP contribution >= 0.6 is 11.3 Å². The number of ether oxygens (including phenoxy) is 2. The van der Waals surface area contributed by atoms with Gasteiger partial charge in [0.2, 0.25) is 0 Å². The number of hydrogen-bond donors (Lipinski definition) is 1. The van der Waals surface area contributed by atoms with Gasteiger partial charge in [0.25, 0.3) is 5.91 Å².